The summed E-state index contributed by atoms with van der Waals surface area (Å²) in [6.07, 6.45) is 3.39. The molecule has 92 valence electrons. The minimum atomic E-state index is -0.246. The number of carbonyl (C=O) groups is 1. The van der Waals surface area contributed by atoms with Gasteiger partial charge in [0.2, 0.25) is 0 Å². The van der Waals surface area contributed by atoms with E-state index in [4.69, 9.17) is 9.47 Å². The van der Waals surface area contributed by atoms with Crippen LogP contribution in [-0.4, -0.2) is 24.3 Å². The molecular weight excluding hydrogens is 220 g/mol. The fourth-order valence-electron chi connectivity index (χ4n) is 1.87. The summed E-state index contributed by atoms with van der Waals surface area (Å²) in [5, 5.41) is 9.76. The quantitative estimate of drug-likeness (QED) is 0.819. The van der Waals surface area contributed by atoms with Crippen molar-refractivity contribution < 1.29 is 19.4 Å². The number of benzene rings is 1. The van der Waals surface area contributed by atoms with Gasteiger partial charge in [-0.3, -0.25) is 4.79 Å². The molecule has 0 aliphatic carbocycles. The second kappa shape index (κ2) is 5.19. The van der Waals surface area contributed by atoms with Gasteiger partial charge in [0, 0.05) is 12.0 Å². The van der Waals surface area contributed by atoms with Gasteiger partial charge in [0.05, 0.1) is 12.2 Å². The molecule has 1 aliphatic rings. The first-order chi connectivity index (χ1) is 8.22. The number of hydrogen-bond acceptors (Lipinski definition) is 4. The van der Waals surface area contributed by atoms with Crippen LogP contribution in [0.5, 0.6) is 11.5 Å². The number of hydrogen-bond donors (Lipinski definition) is 1. The SMILES string of the molecule is Cc1c(O[C@H]2CCCCO2)ccc(C=O)c1O. The summed E-state index contributed by atoms with van der Waals surface area (Å²) in [6, 6.07) is 3.24. The first kappa shape index (κ1) is 11.9. The number of aldehydes is 1. The van der Waals surface area contributed by atoms with Crippen LogP contribution in [0.2, 0.25) is 0 Å². The van der Waals surface area contributed by atoms with Crippen molar-refractivity contribution in [3.05, 3.63) is 23.3 Å². The van der Waals surface area contributed by atoms with Gasteiger partial charge in [-0.15, -0.1) is 0 Å². The minimum Gasteiger partial charge on any atom is -0.507 e. The van der Waals surface area contributed by atoms with Crippen LogP contribution in [0, 0.1) is 6.92 Å². The van der Waals surface area contributed by atoms with Crippen molar-refractivity contribution in [1.82, 2.24) is 0 Å². The van der Waals surface area contributed by atoms with Gasteiger partial charge in [0.25, 0.3) is 0 Å². The maximum atomic E-state index is 10.7. The average Bonchev–Trinajstić information content (AvgIpc) is 2.37. The van der Waals surface area contributed by atoms with E-state index in [1.54, 1.807) is 19.1 Å². The average molecular weight is 236 g/mol. The second-order valence-electron chi connectivity index (χ2n) is 4.16. The molecule has 2 rings (SSSR count). The van der Waals surface area contributed by atoms with Gasteiger partial charge in [-0.2, -0.15) is 0 Å². The summed E-state index contributed by atoms with van der Waals surface area (Å²) < 4.78 is 11.1. The Kier molecular flexibility index (Phi) is 3.64. The number of rotatable bonds is 3. The minimum absolute atomic E-state index is 0.0201. The van der Waals surface area contributed by atoms with E-state index in [0.29, 0.717) is 24.2 Å². The largest absolute Gasteiger partial charge is 0.507 e. The molecular formula is C13H16O4. The Balaban J connectivity index is 2.15. The lowest BCUT2D eigenvalue weighted by Crippen LogP contribution is -2.25. The van der Waals surface area contributed by atoms with E-state index >= 15 is 0 Å². The zero-order chi connectivity index (χ0) is 12.3. The molecule has 17 heavy (non-hydrogen) atoms. The number of phenols is 1. The van der Waals surface area contributed by atoms with Gasteiger partial charge >= 0.3 is 0 Å². The van der Waals surface area contributed by atoms with Crippen molar-refractivity contribution in [3.8, 4) is 11.5 Å². The van der Waals surface area contributed by atoms with Crippen LogP contribution >= 0.6 is 0 Å². The topological polar surface area (TPSA) is 55.8 Å². The Labute approximate surface area is 100 Å². The van der Waals surface area contributed by atoms with Crippen LogP contribution < -0.4 is 4.74 Å². The second-order valence-corrected chi connectivity index (χ2v) is 4.16. The third kappa shape index (κ3) is 2.58. The van der Waals surface area contributed by atoms with E-state index in [2.05, 4.69) is 0 Å². The first-order valence-electron chi connectivity index (χ1n) is 5.78. The molecule has 1 aromatic rings. The maximum absolute atomic E-state index is 10.7. The van der Waals surface area contributed by atoms with Crippen LogP contribution in [0.1, 0.15) is 35.2 Å². The molecule has 0 bridgehead atoms. The Hall–Kier alpha value is -1.55. The molecule has 1 atom stereocenters. The predicted octanol–water partition coefficient (Wildman–Crippen LogP) is 2.42. The molecule has 4 nitrogen and oxygen atoms in total. The molecule has 0 amide bonds. The molecule has 1 fully saturated rings. The van der Waals surface area contributed by atoms with Crippen LogP contribution in [0.25, 0.3) is 0 Å². The van der Waals surface area contributed by atoms with Crippen LogP contribution in [0.4, 0.5) is 0 Å². The summed E-state index contributed by atoms with van der Waals surface area (Å²) in [5.74, 6) is 0.549. The lowest BCUT2D eigenvalue weighted by atomic mass is 10.1. The Morgan fingerprint density at radius 3 is 2.94 bits per heavy atom. The molecule has 0 saturated carbocycles. The van der Waals surface area contributed by atoms with Crippen molar-refractivity contribution in [1.29, 1.82) is 0 Å². The molecule has 1 aliphatic heterocycles. The summed E-state index contributed by atoms with van der Waals surface area (Å²) in [5.41, 5.74) is 0.850. The number of aromatic hydroxyl groups is 1. The number of ether oxygens (including phenoxy) is 2. The van der Waals surface area contributed by atoms with Crippen molar-refractivity contribution in [3.63, 3.8) is 0 Å². The summed E-state index contributed by atoms with van der Waals surface area (Å²) >= 11 is 0. The van der Waals surface area contributed by atoms with Crippen LogP contribution in [-0.2, 0) is 4.74 Å². The molecule has 1 N–H and O–H groups in total. The van der Waals surface area contributed by atoms with Gasteiger partial charge in [-0.25, -0.2) is 0 Å². The fraction of sp³-hybridized carbons (Fsp3) is 0.462. The highest BCUT2D eigenvalue weighted by atomic mass is 16.7. The van der Waals surface area contributed by atoms with E-state index < -0.39 is 0 Å². The van der Waals surface area contributed by atoms with Crippen molar-refractivity contribution in [2.75, 3.05) is 6.61 Å². The van der Waals surface area contributed by atoms with Gasteiger partial charge in [0.1, 0.15) is 11.5 Å². The summed E-state index contributed by atoms with van der Waals surface area (Å²) in [7, 11) is 0. The van der Waals surface area contributed by atoms with Crippen molar-refractivity contribution in [2.24, 2.45) is 0 Å². The van der Waals surface area contributed by atoms with Gasteiger partial charge < -0.3 is 14.6 Å². The van der Waals surface area contributed by atoms with Crippen LogP contribution in [0.3, 0.4) is 0 Å². The first-order valence-corrected chi connectivity index (χ1v) is 5.78. The maximum Gasteiger partial charge on any atom is 0.199 e. The molecule has 0 aromatic heterocycles. The molecule has 4 heteroatoms. The van der Waals surface area contributed by atoms with E-state index in [9.17, 15) is 9.90 Å². The monoisotopic (exact) mass is 236 g/mol. The van der Waals surface area contributed by atoms with E-state index in [-0.39, 0.29) is 17.6 Å². The normalized spacial score (nSPS) is 19.9. The zero-order valence-electron chi connectivity index (χ0n) is 9.81. The Morgan fingerprint density at radius 1 is 1.47 bits per heavy atom. The fourth-order valence-corrected chi connectivity index (χ4v) is 1.87. The third-order valence-corrected chi connectivity index (χ3v) is 2.94. The van der Waals surface area contributed by atoms with Gasteiger partial charge in [-0.1, -0.05) is 0 Å². The highest BCUT2D eigenvalue weighted by molar-refractivity contribution is 5.80. The molecule has 0 unspecified atom stereocenters. The lowest BCUT2D eigenvalue weighted by molar-refractivity contribution is -0.106. The molecule has 1 heterocycles. The Bertz CT molecular complexity index is 408. The summed E-state index contributed by atoms with van der Waals surface area (Å²) in [4.78, 5) is 10.7. The molecule has 0 spiro atoms. The number of phenolic OH excluding ortho intramolecular Hbond substituents is 1. The molecule has 1 aromatic carbocycles. The summed E-state index contributed by atoms with van der Waals surface area (Å²) in [6.45, 7) is 2.43. The number of carbonyl (C=O) groups excluding carboxylic acids is 1. The highest BCUT2D eigenvalue weighted by Gasteiger charge is 2.17. The standard InChI is InChI=1S/C13H16O4/c1-9-11(6-5-10(8-14)13(9)15)17-12-4-2-3-7-16-12/h5-6,8,12,15H,2-4,7H2,1H3/t12-/m0/s1. The molecule has 0 radical (unpaired) electrons. The smallest absolute Gasteiger partial charge is 0.199 e. The zero-order valence-corrected chi connectivity index (χ0v) is 9.81. The molecule has 1 saturated heterocycles. The van der Waals surface area contributed by atoms with E-state index in [0.717, 1.165) is 19.3 Å². The van der Waals surface area contributed by atoms with Crippen molar-refractivity contribution >= 4 is 6.29 Å². The Morgan fingerprint density at radius 2 is 2.29 bits per heavy atom. The van der Waals surface area contributed by atoms with Gasteiger partial charge in [0.15, 0.2) is 12.6 Å². The lowest BCUT2D eigenvalue weighted by Gasteiger charge is -2.24. The third-order valence-electron chi connectivity index (χ3n) is 2.94. The van der Waals surface area contributed by atoms with Crippen LogP contribution in [0.15, 0.2) is 12.1 Å². The van der Waals surface area contributed by atoms with E-state index in [1.165, 1.54) is 0 Å². The highest BCUT2D eigenvalue weighted by Crippen LogP contribution is 2.31. The van der Waals surface area contributed by atoms with Crippen molar-refractivity contribution in [2.45, 2.75) is 32.5 Å². The van der Waals surface area contributed by atoms with Gasteiger partial charge in [-0.05, 0) is 31.9 Å². The van der Waals surface area contributed by atoms with E-state index in [1.807, 2.05) is 0 Å². The predicted molar refractivity (Wildman–Crippen MR) is 62.5 cm³/mol.